The van der Waals surface area contributed by atoms with Crippen LogP contribution in [0, 0.1) is 19.9 Å². The van der Waals surface area contributed by atoms with Crippen molar-refractivity contribution in [1.82, 2.24) is 0 Å². The molecule has 1 radical (unpaired) electrons. The van der Waals surface area contributed by atoms with Crippen molar-refractivity contribution >= 4 is 6.08 Å². The number of benzene rings is 1. The van der Waals surface area contributed by atoms with Gasteiger partial charge in [-0.15, -0.1) is 11.6 Å². The molecule has 81 valence electrons. The molecule has 0 aliphatic heterocycles. The standard InChI is InChI=1S/C14H17.Re/c1-4-5-6-7-8-14-10-9-12(2)11-13(14)3;/h5-10H,4H2,1-3H3;/q-1;/b6-5+,8-7-;. The summed E-state index contributed by atoms with van der Waals surface area (Å²) in [6.45, 7) is 6.29. The third kappa shape index (κ3) is 5.12. The molecule has 1 heteroatoms. The Labute approximate surface area is 107 Å². The molecular weight excluding hydrogens is 354 g/mol. The van der Waals surface area contributed by atoms with Gasteiger partial charge in [-0.2, -0.15) is 29.3 Å². The van der Waals surface area contributed by atoms with Crippen molar-refractivity contribution in [2.45, 2.75) is 27.2 Å². The van der Waals surface area contributed by atoms with Crippen molar-refractivity contribution in [1.29, 1.82) is 0 Å². The Morgan fingerprint density at radius 1 is 1.20 bits per heavy atom. The third-order valence-electron chi connectivity index (χ3n) is 2.09. The fraction of sp³-hybridized carbons (Fsp3) is 0.286. The molecule has 15 heavy (non-hydrogen) atoms. The third-order valence-corrected chi connectivity index (χ3v) is 2.09. The van der Waals surface area contributed by atoms with Crippen LogP contribution in [0.25, 0.3) is 6.08 Å². The zero-order valence-electron chi connectivity index (χ0n) is 9.55. The van der Waals surface area contributed by atoms with E-state index in [0.717, 1.165) is 6.42 Å². The Morgan fingerprint density at radius 2 is 1.93 bits per heavy atom. The minimum absolute atomic E-state index is 0. The van der Waals surface area contributed by atoms with Crippen LogP contribution in [0.5, 0.6) is 0 Å². The van der Waals surface area contributed by atoms with Crippen LogP contribution in [-0.4, -0.2) is 0 Å². The molecule has 0 saturated carbocycles. The summed E-state index contributed by atoms with van der Waals surface area (Å²) in [6, 6.07) is 7.53. The van der Waals surface area contributed by atoms with Crippen molar-refractivity contribution in [2.75, 3.05) is 0 Å². The Bertz CT molecular complexity index is 348. The van der Waals surface area contributed by atoms with E-state index in [1.807, 2.05) is 0 Å². The number of hydrogen-bond donors (Lipinski definition) is 0. The molecule has 1 aromatic carbocycles. The number of rotatable bonds is 3. The average molecular weight is 371 g/mol. The first-order valence-corrected chi connectivity index (χ1v) is 5.06. The van der Waals surface area contributed by atoms with E-state index in [-0.39, 0.29) is 20.4 Å². The summed E-state index contributed by atoms with van der Waals surface area (Å²) in [5, 5.41) is 0. The molecule has 0 N–H and O–H groups in total. The van der Waals surface area contributed by atoms with Gasteiger partial charge in [0.2, 0.25) is 0 Å². The summed E-state index contributed by atoms with van der Waals surface area (Å²) in [5.74, 6) is 0. The van der Waals surface area contributed by atoms with E-state index >= 15 is 0 Å². The van der Waals surface area contributed by atoms with E-state index in [2.05, 4.69) is 63.3 Å². The van der Waals surface area contributed by atoms with Gasteiger partial charge < -0.3 is 0 Å². The summed E-state index contributed by atoms with van der Waals surface area (Å²) in [6.07, 6.45) is 9.51. The molecule has 0 aliphatic rings. The van der Waals surface area contributed by atoms with Crippen LogP contribution >= 0.6 is 0 Å². The molecule has 0 saturated heterocycles. The normalized spacial score (nSPS) is 10.9. The predicted molar refractivity (Wildman–Crippen MR) is 63.2 cm³/mol. The quantitative estimate of drug-likeness (QED) is 0.555. The van der Waals surface area contributed by atoms with Crippen LogP contribution in [0.1, 0.15) is 30.0 Å². The van der Waals surface area contributed by atoms with Crippen molar-refractivity contribution < 1.29 is 20.4 Å². The van der Waals surface area contributed by atoms with Gasteiger partial charge in [-0.05, 0) is 6.42 Å². The van der Waals surface area contributed by atoms with Gasteiger partial charge in [0.25, 0.3) is 0 Å². The van der Waals surface area contributed by atoms with E-state index in [4.69, 9.17) is 0 Å². The maximum absolute atomic E-state index is 3.30. The molecule has 0 spiro atoms. The molecule has 0 unspecified atom stereocenters. The van der Waals surface area contributed by atoms with Gasteiger partial charge in [-0.25, -0.2) is 0 Å². The predicted octanol–water partition coefficient (Wildman–Crippen LogP) is 4.08. The summed E-state index contributed by atoms with van der Waals surface area (Å²) < 4.78 is 0. The molecular formula is C14H17Re-. The fourth-order valence-corrected chi connectivity index (χ4v) is 1.30. The van der Waals surface area contributed by atoms with Crippen molar-refractivity contribution in [2.24, 2.45) is 0 Å². The molecule has 0 atom stereocenters. The summed E-state index contributed by atoms with van der Waals surface area (Å²) in [5.41, 5.74) is 3.66. The minimum Gasteiger partial charge on any atom is -0.177 e. The van der Waals surface area contributed by atoms with Crippen molar-refractivity contribution in [3.8, 4) is 0 Å². The molecule has 0 amide bonds. The molecule has 0 aliphatic carbocycles. The van der Waals surface area contributed by atoms with Crippen LogP contribution in [0.2, 0.25) is 0 Å². The van der Waals surface area contributed by atoms with Crippen LogP contribution in [0.3, 0.4) is 0 Å². The van der Waals surface area contributed by atoms with Gasteiger partial charge in [-0.3, -0.25) is 0 Å². The first-order chi connectivity index (χ1) is 6.74. The van der Waals surface area contributed by atoms with Crippen LogP contribution in [0.4, 0.5) is 0 Å². The first-order valence-electron chi connectivity index (χ1n) is 5.06. The van der Waals surface area contributed by atoms with Gasteiger partial charge >= 0.3 is 0 Å². The van der Waals surface area contributed by atoms with E-state index in [1.165, 1.54) is 16.7 Å². The number of aryl methyl sites for hydroxylation is 2. The van der Waals surface area contributed by atoms with Gasteiger partial charge in [0.05, 0.1) is 0 Å². The van der Waals surface area contributed by atoms with E-state index < -0.39 is 0 Å². The van der Waals surface area contributed by atoms with E-state index in [0.29, 0.717) is 0 Å². The van der Waals surface area contributed by atoms with Gasteiger partial charge in [0.1, 0.15) is 0 Å². The molecule has 1 rings (SSSR count). The fourth-order valence-electron chi connectivity index (χ4n) is 1.30. The molecule has 0 heterocycles. The number of hydrogen-bond acceptors (Lipinski definition) is 0. The van der Waals surface area contributed by atoms with Gasteiger partial charge in [0.15, 0.2) is 0 Å². The van der Waals surface area contributed by atoms with Crippen molar-refractivity contribution in [3.63, 3.8) is 0 Å². The van der Waals surface area contributed by atoms with E-state index in [9.17, 15) is 0 Å². The second-order valence-electron chi connectivity index (χ2n) is 3.42. The molecule has 0 fully saturated rings. The maximum atomic E-state index is 3.30. The molecule has 0 aromatic heterocycles. The van der Waals surface area contributed by atoms with Crippen LogP contribution in [0.15, 0.2) is 30.4 Å². The number of allylic oxidation sites excluding steroid dienone is 3. The Balaban J connectivity index is 0.00000196. The zero-order valence-corrected chi connectivity index (χ0v) is 12.3. The average Bonchev–Trinajstić information content (AvgIpc) is 2.15. The smallest absolute Gasteiger partial charge is 0 e. The SMILES string of the molecule is CC/C=C/C=C\c1ccc(C)[c-]c1C.[Re]. The summed E-state index contributed by atoms with van der Waals surface area (Å²) in [7, 11) is 0. The zero-order chi connectivity index (χ0) is 10.4. The van der Waals surface area contributed by atoms with Gasteiger partial charge in [0, 0.05) is 20.4 Å². The molecule has 1 aromatic rings. The Morgan fingerprint density at radius 3 is 2.53 bits per heavy atom. The van der Waals surface area contributed by atoms with Gasteiger partial charge in [-0.1, -0.05) is 39.0 Å². The largest absolute Gasteiger partial charge is 0.177 e. The Kier molecular flexibility index (Phi) is 7.30. The van der Waals surface area contributed by atoms with Crippen molar-refractivity contribution in [3.05, 3.63) is 53.1 Å². The Hall–Kier alpha value is -0.638. The summed E-state index contributed by atoms with van der Waals surface area (Å²) >= 11 is 0. The molecule has 0 bridgehead atoms. The van der Waals surface area contributed by atoms with E-state index in [1.54, 1.807) is 0 Å². The summed E-state index contributed by atoms with van der Waals surface area (Å²) in [4.78, 5) is 0. The first kappa shape index (κ1) is 14.4. The topological polar surface area (TPSA) is 0 Å². The monoisotopic (exact) mass is 372 g/mol. The molecule has 0 nitrogen and oxygen atoms in total. The second kappa shape index (κ2) is 7.63. The second-order valence-corrected chi connectivity index (χ2v) is 3.42. The minimum atomic E-state index is 0. The maximum Gasteiger partial charge on any atom is 0 e. The van der Waals surface area contributed by atoms with Crippen LogP contribution < -0.4 is 0 Å². The van der Waals surface area contributed by atoms with Crippen LogP contribution in [-0.2, 0) is 20.4 Å².